The van der Waals surface area contributed by atoms with Crippen molar-refractivity contribution in [2.24, 2.45) is 0 Å². The molecule has 0 aliphatic rings. The third kappa shape index (κ3) is 6.23. The van der Waals surface area contributed by atoms with Crippen LogP contribution in [0.25, 0.3) is 0 Å². The number of nitrogens with one attached hydrogen (secondary N) is 1. The van der Waals surface area contributed by atoms with E-state index in [2.05, 4.69) is 56.8 Å². The van der Waals surface area contributed by atoms with Crippen molar-refractivity contribution >= 4 is 11.8 Å². The molecule has 1 aromatic heterocycles. The van der Waals surface area contributed by atoms with Gasteiger partial charge in [0.25, 0.3) is 0 Å². The van der Waals surface area contributed by atoms with Crippen LogP contribution < -0.4 is 5.32 Å². The lowest BCUT2D eigenvalue weighted by Crippen LogP contribution is -2.15. The first-order valence-electron chi connectivity index (χ1n) is 7.51. The van der Waals surface area contributed by atoms with Crippen LogP contribution in [0, 0.1) is 13.8 Å². The summed E-state index contributed by atoms with van der Waals surface area (Å²) in [7, 11) is 0. The molecule has 1 heterocycles. The van der Waals surface area contributed by atoms with Gasteiger partial charge in [-0.3, -0.25) is 0 Å². The summed E-state index contributed by atoms with van der Waals surface area (Å²) in [6, 6.07) is 0. The Hall–Kier alpha value is -0.610. The SMILES string of the molecule is CCNCCCc1c(C)nc(CSC(C)(C)C)nc1C. The Labute approximate surface area is 128 Å². The van der Waals surface area contributed by atoms with Crippen molar-refractivity contribution in [2.75, 3.05) is 13.1 Å². The van der Waals surface area contributed by atoms with Crippen molar-refractivity contribution < 1.29 is 0 Å². The van der Waals surface area contributed by atoms with Crippen LogP contribution in [0.15, 0.2) is 0 Å². The summed E-state index contributed by atoms with van der Waals surface area (Å²) in [4.78, 5) is 9.37. The minimum Gasteiger partial charge on any atom is -0.317 e. The van der Waals surface area contributed by atoms with Crippen LogP contribution in [0.5, 0.6) is 0 Å². The average molecular weight is 295 g/mol. The molecule has 0 aliphatic carbocycles. The predicted octanol–water partition coefficient (Wildman–Crippen LogP) is 3.67. The maximum atomic E-state index is 4.68. The van der Waals surface area contributed by atoms with E-state index in [1.807, 2.05) is 11.8 Å². The van der Waals surface area contributed by atoms with E-state index in [-0.39, 0.29) is 4.75 Å². The minimum absolute atomic E-state index is 0.260. The molecular formula is C16H29N3S. The summed E-state index contributed by atoms with van der Waals surface area (Å²) in [5.41, 5.74) is 3.63. The fourth-order valence-electron chi connectivity index (χ4n) is 2.08. The molecule has 20 heavy (non-hydrogen) atoms. The lowest BCUT2D eigenvalue weighted by Gasteiger charge is -2.17. The fourth-order valence-corrected chi connectivity index (χ4v) is 2.77. The van der Waals surface area contributed by atoms with E-state index >= 15 is 0 Å². The third-order valence-electron chi connectivity index (χ3n) is 3.13. The predicted molar refractivity (Wildman–Crippen MR) is 89.4 cm³/mol. The molecule has 1 N–H and O–H groups in total. The Kier molecular flexibility index (Phi) is 6.96. The largest absolute Gasteiger partial charge is 0.317 e. The molecule has 1 aromatic rings. The second-order valence-electron chi connectivity index (χ2n) is 6.15. The topological polar surface area (TPSA) is 37.8 Å². The normalized spacial score (nSPS) is 11.9. The van der Waals surface area contributed by atoms with Gasteiger partial charge in [0.1, 0.15) is 5.82 Å². The lowest BCUT2D eigenvalue weighted by molar-refractivity contribution is 0.666. The van der Waals surface area contributed by atoms with E-state index < -0.39 is 0 Å². The summed E-state index contributed by atoms with van der Waals surface area (Å²) in [6.45, 7) is 15.2. The molecule has 0 amide bonds. The van der Waals surface area contributed by atoms with Gasteiger partial charge in [-0.2, -0.15) is 0 Å². The van der Waals surface area contributed by atoms with Crippen LogP contribution in [-0.4, -0.2) is 27.8 Å². The highest BCUT2D eigenvalue weighted by molar-refractivity contribution is 7.99. The molecule has 0 unspecified atom stereocenters. The summed E-state index contributed by atoms with van der Waals surface area (Å²) < 4.78 is 0.260. The maximum Gasteiger partial charge on any atom is 0.138 e. The minimum atomic E-state index is 0.260. The molecule has 0 aliphatic heterocycles. The van der Waals surface area contributed by atoms with E-state index in [4.69, 9.17) is 0 Å². The fraction of sp³-hybridized carbons (Fsp3) is 0.750. The van der Waals surface area contributed by atoms with Crippen LogP contribution in [0.3, 0.4) is 0 Å². The smallest absolute Gasteiger partial charge is 0.138 e. The summed E-state index contributed by atoms with van der Waals surface area (Å²) in [5, 5.41) is 3.36. The Morgan fingerprint density at radius 3 is 2.20 bits per heavy atom. The molecule has 0 fully saturated rings. The van der Waals surface area contributed by atoms with Gasteiger partial charge in [-0.15, -0.1) is 11.8 Å². The molecule has 3 nitrogen and oxygen atoms in total. The molecule has 4 heteroatoms. The van der Waals surface area contributed by atoms with Crippen LogP contribution in [0.2, 0.25) is 0 Å². The van der Waals surface area contributed by atoms with E-state index in [1.165, 1.54) is 5.56 Å². The van der Waals surface area contributed by atoms with E-state index in [1.54, 1.807) is 0 Å². The van der Waals surface area contributed by atoms with E-state index in [0.717, 1.165) is 48.9 Å². The second-order valence-corrected chi connectivity index (χ2v) is 7.95. The average Bonchev–Trinajstić information content (AvgIpc) is 2.34. The number of hydrogen-bond donors (Lipinski definition) is 1. The molecule has 0 spiro atoms. The summed E-state index contributed by atoms with van der Waals surface area (Å²) in [6.07, 6.45) is 2.21. The molecule has 0 saturated carbocycles. The van der Waals surface area contributed by atoms with Gasteiger partial charge in [0.2, 0.25) is 0 Å². The highest BCUT2D eigenvalue weighted by Gasteiger charge is 2.13. The summed E-state index contributed by atoms with van der Waals surface area (Å²) in [5.74, 6) is 1.86. The van der Waals surface area contributed by atoms with Gasteiger partial charge in [-0.1, -0.05) is 27.7 Å². The quantitative estimate of drug-likeness (QED) is 0.779. The number of nitrogens with zero attached hydrogens (tertiary/aromatic N) is 2. The van der Waals surface area contributed by atoms with Crippen LogP contribution in [0.4, 0.5) is 0 Å². The molecule has 0 bridgehead atoms. The first kappa shape index (κ1) is 17.4. The monoisotopic (exact) mass is 295 g/mol. The van der Waals surface area contributed by atoms with Crippen molar-refractivity contribution in [2.45, 2.75) is 64.9 Å². The third-order valence-corrected chi connectivity index (χ3v) is 4.40. The first-order chi connectivity index (χ1) is 9.33. The van der Waals surface area contributed by atoms with Gasteiger partial charge in [0.15, 0.2) is 0 Å². The number of aromatic nitrogens is 2. The highest BCUT2D eigenvalue weighted by atomic mass is 32.2. The molecule has 1 rings (SSSR count). The summed E-state index contributed by atoms with van der Waals surface area (Å²) >= 11 is 1.90. The number of hydrogen-bond acceptors (Lipinski definition) is 4. The van der Waals surface area contributed by atoms with E-state index in [0.29, 0.717) is 0 Å². The van der Waals surface area contributed by atoms with Gasteiger partial charge in [0, 0.05) is 16.1 Å². The van der Waals surface area contributed by atoms with Crippen LogP contribution in [-0.2, 0) is 12.2 Å². The van der Waals surface area contributed by atoms with Crippen LogP contribution >= 0.6 is 11.8 Å². The molecule has 114 valence electrons. The van der Waals surface area contributed by atoms with Gasteiger partial charge < -0.3 is 5.32 Å². The Balaban J connectivity index is 2.66. The number of aryl methyl sites for hydroxylation is 2. The van der Waals surface area contributed by atoms with Gasteiger partial charge >= 0.3 is 0 Å². The zero-order valence-corrected chi connectivity index (χ0v) is 14.7. The Bertz CT molecular complexity index is 401. The van der Waals surface area contributed by atoms with Crippen molar-refractivity contribution in [1.29, 1.82) is 0 Å². The Morgan fingerprint density at radius 1 is 1.10 bits per heavy atom. The van der Waals surface area contributed by atoms with Gasteiger partial charge in [0.05, 0.1) is 5.75 Å². The van der Waals surface area contributed by atoms with E-state index in [9.17, 15) is 0 Å². The van der Waals surface area contributed by atoms with Crippen LogP contribution in [0.1, 0.15) is 56.9 Å². The molecule has 0 radical (unpaired) electrons. The number of thioether (sulfide) groups is 1. The maximum absolute atomic E-state index is 4.68. The highest BCUT2D eigenvalue weighted by Crippen LogP contribution is 2.26. The van der Waals surface area contributed by atoms with Crippen molar-refractivity contribution in [3.63, 3.8) is 0 Å². The molecule has 0 aromatic carbocycles. The molecular weight excluding hydrogens is 266 g/mol. The van der Waals surface area contributed by atoms with Gasteiger partial charge in [-0.25, -0.2) is 9.97 Å². The molecule has 0 saturated heterocycles. The Morgan fingerprint density at radius 2 is 1.70 bits per heavy atom. The van der Waals surface area contributed by atoms with Crippen molar-refractivity contribution in [1.82, 2.24) is 15.3 Å². The zero-order chi connectivity index (χ0) is 15.2. The standard InChI is InChI=1S/C16H29N3S/c1-7-17-10-8-9-14-12(2)18-15(19-13(14)3)11-20-16(4,5)6/h17H,7-11H2,1-6H3. The molecule has 0 atom stereocenters. The van der Waals surface area contributed by atoms with Crippen molar-refractivity contribution in [3.05, 3.63) is 22.8 Å². The van der Waals surface area contributed by atoms with Crippen molar-refractivity contribution in [3.8, 4) is 0 Å². The zero-order valence-electron chi connectivity index (χ0n) is 13.8. The number of rotatable bonds is 7. The lowest BCUT2D eigenvalue weighted by atomic mass is 10.1. The van der Waals surface area contributed by atoms with Gasteiger partial charge in [-0.05, 0) is 45.3 Å². The second kappa shape index (κ2) is 7.99. The first-order valence-corrected chi connectivity index (χ1v) is 8.49.